The fraction of sp³-hybridized carbons (Fsp3) is 0.333. The number of hydrogen-bond donors (Lipinski definition) is 2. The van der Waals surface area contributed by atoms with Crippen molar-refractivity contribution in [3.8, 4) is 0 Å². The molecule has 1 aromatic carbocycles. The van der Waals surface area contributed by atoms with Gasteiger partial charge in [-0.3, -0.25) is 9.78 Å². The Bertz CT molecular complexity index is 607. The topological polar surface area (TPSA) is 57.8 Å². The van der Waals surface area contributed by atoms with Gasteiger partial charge in [0.1, 0.15) is 0 Å². The number of H-pyrrole nitrogens is 1. The van der Waals surface area contributed by atoms with Crippen LogP contribution in [0.1, 0.15) is 24.6 Å². The smallest absolute Gasteiger partial charge is 0.252 e. The van der Waals surface area contributed by atoms with E-state index in [0.29, 0.717) is 11.6 Å². The minimum atomic E-state index is -0.146. The van der Waals surface area contributed by atoms with E-state index in [1.807, 2.05) is 23.9 Å². The van der Waals surface area contributed by atoms with Crippen molar-refractivity contribution in [1.29, 1.82) is 0 Å². The van der Waals surface area contributed by atoms with Gasteiger partial charge in [-0.25, -0.2) is 4.98 Å². The Morgan fingerprint density at radius 3 is 2.70 bits per heavy atom. The first kappa shape index (κ1) is 14.7. The number of hydrogen-bond acceptors (Lipinski definition) is 4. The van der Waals surface area contributed by atoms with Crippen LogP contribution < -0.4 is 10.9 Å². The molecule has 0 aliphatic heterocycles. The summed E-state index contributed by atoms with van der Waals surface area (Å²) in [6.07, 6.45) is 1.21. The highest BCUT2D eigenvalue weighted by atomic mass is 32.2. The summed E-state index contributed by atoms with van der Waals surface area (Å²) in [5.74, 6) is 2.70. The fourth-order valence-electron chi connectivity index (χ4n) is 1.79. The van der Waals surface area contributed by atoms with Crippen LogP contribution in [0.3, 0.4) is 0 Å². The molecule has 0 fully saturated rings. The second-order valence-electron chi connectivity index (χ2n) is 4.61. The lowest BCUT2D eigenvalue weighted by Crippen LogP contribution is -2.10. The molecule has 0 bridgehead atoms. The third-order valence-electron chi connectivity index (χ3n) is 2.70. The summed E-state index contributed by atoms with van der Waals surface area (Å²) >= 11 is 1.94. The number of aromatic nitrogens is 2. The summed E-state index contributed by atoms with van der Waals surface area (Å²) in [6, 6.07) is 9.67. The number of benzene rings is 1. The zero-order valence-corrected chi connectivity index (χ0v) is 12.6. The molecule has 2 rings (SSSR count). The molecule has 0 radical (unpaired) electrons. The quantitative estimate of drug-likeness (QED) is 0.800. The van der Waals surface area contributed by atoms with E-state index in [2.05, 4.69) is 34.3 Å². The number of anilines is 2. The van der Waals surface area contributed by atoms with Crippen LogP contribution >= 0.6 is 11.8 Å². The van der Waals surface area contributed by atoms with Crippen molar-refractivity contribution < 1.29 is 0 Å². The molecule has 0 amide bonds. The second kappa shape index (κ2) is 7.14. The molecule has 2 N–H and O–H groups in total. The van der Waals surface area contributed by atoms with E-state index in [4.69, 9.17) is 0 Å². The molecule has 0 aliphatic carbocycles. The summed E-state index contributed by atoms with van der Waals surface area (Å²) in [6.45, 7) is 3.99. The lowest BCUT2D eigenvalue weighted by molar-refractivity contribution is 1.07. The molecule has 5 heteroatoms. The minimum absolute atomic E-state index is 0.146. The molecular formula is C15H19N3OS. The van der Waals surface area contributed by atoms with Gasteiger partial charge in [0.25, 0.3) is 5.56 Å². The molecule has 1 aromatic heterocycles. The highest BCUT2D eigenvalue weighted by Gasteiger charge is 2.00. The van der Waals surface area contributed by atoms with Gasteiger partial charge in [0.2, 0.25) is 5.95 Å². The minimum Gasteiger partial charge on any atom is -0.326 e. The number of aromatic amines is 1. The van der Waals surface area contributed by atoms with Crippen LogP contribution in [0.15, 0.2) is 35.1 Å². The van der Waals surface area contributed by atoms with Crippen LogP contribution in [-0.2, 0) is 5.75 Å². The average molecular weight is 289 g/mol. The molecule has 0 aliphatic rings. The van der Waals surface area contributed by atoms with Gasteiger partial charge in [0.05, 0.1) is 0 Å². The molecule has 1 heterocycles. The Morgan fingerprint density at radius 2 is 2.05 bits per heavy atom. The van der Waals surface area contributed by atoms with Gasteiger partial charge < -0.3 is 5.32 Å². The van der Waals surface area contributed by atoms with Gasteiger partial charge in [-0.05, 0) is 36.8 Å². The van der Waals surface area contributed by atoms with Crippen LogP contribution in [0.25, 0.3) is 0 Å². The fourth-order valence-corrected chi connectivity index (χ4v) is 2.65. The molecule has 0 unspecified atom stereocenters. The lowest BCUT2D eigenvalue weighted by Gasteiger charge is -2.07. The van der Waals surface area contributed by atoms with E-state index in [1.54, 1.807) is 6.92 Å². The molecule has 0 saturated heterocycles. The third-order valence-corrected chi connectivity index (χ3v) is 3.94. The Morgan fingerprint density at radius 1 is 1.30 bits per heavy atom. The van der Waals surface area contributed by atoms with Gasteiger partial charge in [0, 0.05) is 23.2 Å². The van der Waals surface area contributed by atoms with Crippen molar-refractivity contribution in [1.82, 2.24) is 9.97 Å². The summed E-state index contributed by atoms with van der Waals surface area (Å²) in [7, 11) is 0. The van der Waals surface area contributed by atoms with Crippen molar-refractivity contribution in [2.75, 3.05) is 11.1 Å². The molecule has 0 atom stereocenters. The largest absolute Gasteiger partial charge is 0.326 e. The molecule has 106 valence electrons. The summed E-state index contributed by atoms with van der Waals surface area (Å²) in [5.41, 5.74) is 2.78. The van der Waals surface area contributed by atoms with E-state index >= 15 is 0 Å². The molecule has 20 heavy (non-hydrogen) atoms. The summed E-state index contributed by atoms with van der Waals surface area (Å²) in [4.78, 5) is 18.3. The first-order chi connectivity index (χ1) is 9.67. The second-order valence-corrected chi connectivity index (χ2v) is 5.72. The van der Waals surface area contributed by atoms with Crippen molar-refractivity contribution >= 4 is 23.4 Å². The molecule has 0 saturated carbocycles. The highest BCUT2D eigenvalue weighted by molar-refractivity contribution is 7.98. The molecule has 4 nitrogen and oxygen atoms in total. The maximum Gasteiger partial charge on any atom is 0.252 e. The summed E-state index contributed by atoms with van der Waals surface area (Å²) < 4.78 is 0. The van der Waals surface area contributed by atoms with Crippen LogP contribution in [0.5, 0.6) is 0 Å². The SMILES string of the molecule is CCCSCc1ccc(Nc2nc(C)cc(=O)[nH]2)cc1. The number of rotatable bonds is 6. The lowest BCUT2D eigenvalue weighted by atomic mass is 10.2. The predicted octanol–water partition coefficient (Wildman–Crippen LogP) is 3.47. The Balaban J connectivity index is 2.01. The molecule has 2 aromatic rings. The van der Waals surface area contributed by atoms with Crippen LogP contribution in [0, 0.1) is 6.92 Å². The van der Waals surface area contributed by atoms with Gasteiger partial charge in [-0.1, -0.05) is 19.1 Å². The number of nitrogens with zero attached hydrogens (tertiary/aromatic N) is 1. The third kappa shape index (κ3) is 4.42. The van der Waals surface area contributed by atoms with E-state index in [1.165, 1.54) is 23.8 Å². The molecule has 0 spiro atoms. The van der Waals surface area contributed by atoms with E-state index in [-0.39, 0.29) is 5.56 Å². The Labute approximate surface area is 123 Å². The van der Waals surface area contributed by atoms with Crippen LogP contribution in [0.4, 0.5) is 11.6 Å². The van der Waals surface area contributed by atoms with E-state index in [0.717, 1.165) is 11.4 Å². The Kier molecular flexibility index (Phi) is 5.24. The van der Waals surface area contributed by atoms with Gasteiger partial charge in [-0.15, -0.1) is 0 Å². The van der Waals surface area contributed by atoms with Crippen molar-refractivity contribution in [3.05, 3.63) is 51.9 Å². The van der Waals surface area contributed by atoms with E-state index < -0.39 is 0 Å². The predicted molar refractivity (Wildman–Crippen MR) is 85.8 cm³/mol. The van der Waals surface area contributed by atoms with Gasteiger partial charge >= 0.3 is 0 Å². The maximum atomic E-state index is 11.4. The van der Waals surface area contributed by atoms with Crippen molar-refractivity contribution in [2.45, 2.75) is 26.0 Å². The van der Waals surface area contributed by atoms with Crippen molar-refractivity contribution in [2.24, 2.45) is 0 Å². The zero-order chi connectivity index (χ0) is 14.4. The van der Waals surface area contributed by atoms with Crippen LogP contribution in [0.2, 0.25) is 0 Å². The number of aryl methyl sites for hydroxylation is 1. The standard InChI is InChI=1S/C15H19N3OS/c1-3-8-20-10-12-4-6-13(7-5-12)17-15-16-11(2)9-14(19)18-15/h4-7,9H,3,8,10H2,1-2H3,(H2,16,17,18,19). The molecular weight excluding hydrogens is 270 g/mol. The van der Waals surface area contributed by atoms with Crippen molar-refractivity contribution in [3.63, 3.8) is 0 Å². The first-order valence-electron chi connectivity index (χ1n) is 6.69. The normalized spacial score (nSPS) is 10.5. The van der Waals surface area contributed by atoms with Gasteiger partial charge in [-0.2, -0.15) is 11.8 Å². The average Bonchev–Trinajstić information content (AvgIpc) is 2.40. The van der Waals surface area contributed by atoms with Gasteiger partial charge in [0.15, 0.2) is 0 Å². The van der Waals surface area contributed by atoms with Crippen LogP contribution in [-0.4, -0.2) is 15.7 Å². The zero-order valence-electron chi connectivity index (χ0n) is 11.8. The Hall–Kier alpha value is -1.75. The summed E-state index contributed by atoms with van der Waals surface area (Å²) in [5, 5.41) is 3.11. The van der Waals surface area contributed by atoms with E-state index in [9.17, 15) is 4.79 Å². The number of thioether (sulfide) groups is 1. The number of nitrogens with one attached hydrogen (secondary N) is 2. The monoisotopic (exact) mass is 289 g/mol. The first-order valence-corrected chi connectivity index (χ1v) is 7.84. The maximum absolute atomic E-state index is 11.4. The highest BCUT2D eigenvalue weighted by Crippen LogP contribution is 2.17.